The molecule has 4 rings (SSSR count). The van der Waals surface area contributed by atoms with Gasteiger partial charge in [-0.2, -0.15) is 0 Å². The van der Waals surface area contributed by atoms with E-state index < -0.39 is 0 Å². The highest BCUT2D eigenvalue weighted by Crippen LogP contribution is 2.33. The second-order valence-electron chi connectivity index (χ2n) is 7.07. The van der Waals surface area contributed by atoms with E-state index in [9.17, 15) is 4.79 Å². The lowest BCUT2D eigenvalue weighted by molar-refractivity contribution is -0.0272. The van der Waals surface area contributed by atoms with Gasteiger partial charge in [0.1, 0.15) is 0 Å². The quantitative estimate of drug-likeness (QED) is 0.767. The van der Waals surface area contributed by atoms with Crippen LogP contribution in [0.2, 0.25) is 0 Å². The smallest absolute Gasteiger partial charge is 0.252 e. The number of ether oxygens (including phenoxy) is 1. The van der Waals surface area contributed by atoms with Gasteiger partial charge in [0.05, 0.1) is 17.2 Å². The molecule has 0 unspecified atom stereocenters. The third-order valence-corrected chi connectivity index (χ3v) is 5.16. The van der Waals surface area contributed by atoms with Gasteiger partial charge < -0.3 is 10.1 Å². The SMILES string of the molecule is Cc1ccc([C@@H]2OCCC[C@@H]2CNC(=O)c2ccnc3ccncc23)cc1. The normalized spacial score (nSPS) is 19.7. The maximum absolute atomic E-state index is 12.8. The lowest BCUT2D eigenvalue weighted by Crippen LogP contribution is -2.35. The van der Waals surface area contributed by atoms with Gasteiger partial charge in [-0.05, 0) is 37.5 Å². The van der Waals surface area contributed by atoms with Gasteiger partial charge in [0, 0.05) is 43.0 Å². The first-order valence-corrected chi connectivity index (χ1v) is 9.37. The summed E-state index contributed by atoms with van der Waals surface area (Å²) in [6.45, 7) is 3.43. The molecule has 0 saturated carbocycles. The molecule has 3 heterocycles. The largest absolute Gasteiger partial charge is 0.373 e. The van der Waals surface area contributed by atoms with E-state index in [1.807, 2.05) is 6.07 Å². The molecule has 27 heavy (non-hydrogen) atoms. The summed E-state index contributed by atoms with van der Waals surface area (Å²) in [5, 5.41) is 3.87. The Bertz CT molecular complexity index is 934. The Balaban J connectivity index is 1.49. The first-order chi connectivity index (χ1) is 13.2. The molecule has 1 aliphatic heterocycles. The predicted octanol–water partition coefficient (Wildman–Crippen LogP) is 3.84. The van der Waals surface area contributed by atoms with Crippen LogP contribution in [0.4, 0.5) is 0 Å². The average Bonchev–Trinajstić information content (AvgIpc) is 2.72. The Hall–Kier alpha value is -2.79. The molecule has 138 valence electrons. The number of nitrogens with zero attached hydrogens (tertiary/aromatic N) is 2. The first-order valence-electron chi connectivity index (χ1n) is 9.37. The number of hydrogen-bond acceptors (Lipinski definition) is 4. The van der Waals surface area contributed by atoms with Gasteiger partial charge in [0.2, 0.25) is 0 Å². The second-order valence-corrected chi connectivity index (χ2v) is 7.07. The molecule has 1 aliphatic rings. The summed E-state index contributed by atoms with van der Waals surface area (Å²) in [5.74, 6) is 0.167. The van der Waals surface area contributed by atoms with E-state index in [0.29, 0.717) is 12.1 Å². The van der Waals surface area contributed by atoms with Gasteiger partial charge in [0.25, 0.3) is 5.91 Å². The predicted molar refractivity (Wildman–Crippen MR) is 104 cm³/mol. The minimum absolute atomic E-state index is 0.0236. The number of pyridine rings is 2. The van der Waals surface area contributed by atoms with Crippen molar-refractivity contribution in [2.45, 2.75) is 25.9 Å². The molecule has 1 saturated heterocycles. The Kier molecular flexibility index (Phi) is 5.12. The standard InChI is InChI=1S/C22H23N3O2/c1-15-4-6-16(7-5-15)21-17(3-2-12-27-21)13-25-22(26)18-8-11-24-20-9-10-23-14-19(18)20/h4-11,14,17,21H,2-3,12-13H2,1H3,(H,25,26)/t17-,21+/m1/s1. The van der Waals surface area contributed by atoms with Crippen LogP contribution >= 0.6 is 0 Å². The van der Waals surface area contributed by atoms with Crippen LogP contribution in [-0.2, 0) is 4.74 Å². The third-order valence-electron chi connectivity index (χ3n) is 5.16. The summed E-state index contributed by atoms with van der Waals surface area (Å²) in [5.41, 5.74) is 3.79. The van der Waals surface area contributed by atoms with Gasteiger partial charge in [-0.1, -0.05) is 29.8 Å². The van der Waals surface area contributed by atoms with Gasteiger partial charge in [0.15, 0.2) is 0 Å². The molecule has 0 spiro atoms. The zero-order valence-corrected chi connectivity index (χ0v) is 15.4. The number of carbonyl (C=O) groups is 1. The maximum atomic E-state index is 12.8. The average molecular weight is 361 g/mol. The molecule has 2 atom stereocenters. The number of carbonyl (C=O) groups excluding carboxylic acids is 1. The Morgan fingerprint density at radius 2 is 2.04 bits per heavy atom. The maximum Gasteiger partial charge on any atom is 0.252 e. The topological polar surface area (TPSA) is 64.1 Å². The van der Waals surface area contributed by atoms with E-state index in [2.05, 4.69) is 46.5 Å². The number of rotatable bonds is 4. The number of nitrogens with one attached hydrogen (secondary N) is 1. The van der Waals surface area contributed by atoms with Gasteiger partial charge in [-0.25, -0.2) is 0 Å². The van der Waals surface area contributed by atoms with E-state index in [1.165, 1.54) is 11.1 Å². The highest BCUT2D eigenvalue weighted by Gasteiger charge is 2.28. The lowest BCUT2D eigenvalue weighted by atomic mass is 9.89. The molecule has 5 heteroatoms. The van der Waals surface area contributed by atoms with Crippen molar-refractivity contribution in [3.63, 3.8) is 0 Å². The van der Waals surface area contributed by atoms with E-state index >= 15 is 0 Å². The van der Waals surface area contributed by atoms with Crippen LogP contribution in [0.15, 0.2) is 55.0 Å². The van der Waals surface area contributed by atoms with Crippen molar-refractivity contribution < 1.29 is 9.53 Å². The van der Waals surface area contributed by atoms with E-state index in [1.54, 1.807) is 24.7 Å². The molecular formula is C22H23N3O2. The van der Waals surface area contributed by atoms with Crippen molar-refractivity contribution in [1.82, 2.24) is 15.3 Å². The van der Waals surface area contributed by atoms with Crippen LogP contribution in [0.5, 0.6) is 0 Å². The molecule has 0 bridgehead atoms. The Labute approximate surface area is 158 Å². The first kappa shape index (κ1) is 17.6. The van der Waals surface area contributed by atoms with Crippen LogP contribution in [0.25, 0.3) is 10.9 Å². The monoisotopic (exact) mass is 361 g/mol. The number of fused-ring (bicyclic) bond motifs is 1. The molecule has 5 nitrogen and oxygen atoms in total. The van der Waals surface area contributed by atoms with Crippen LogP contribution in [0.3, 0.4) is 0 Å². The third kappa shape index (κ3) is 3.83. The highest BCUT2D eigenvalue weighted by atomic mass is 16.5. The van der Waals surface area contributed by atoms with Gasteiger partial charge in [-0.15, -0.1) is 0 Å². The fraction of sp³-hybridized carbons (Fsp3) is 0.318. The lowest BCUT2D eigenvalue weighted by Gasteiger charge is -2.32. The van der Waals surface area contributed by atoms with Gasteiger partial charge in [-0.3, -0.25) is 14.8 Å². The highest BCUT2D eigenvalue weighted by molar-refractivity contribution is 6.05. The van der Waals surface area contributed by atoms with E-state index in [4.69, 9.17) is 4.74 Å². The summed E-state index contributed by atoms with van der Waals surface area (Å²) >= 11 is 0. The Morgan fingerprint density at radius 3 is 2.89 bits per heavy atom. The van der Waals surface area contributed by atoms with Crippen molar-refractivity contribution in [3.05, 3.63) is 71.7 Å². The van der Waals surface area contributed by atoms with Crippen LogP contribution in [-0.4, -0.2) is 29.0 Å². The molecule has 1 N–H and O–H groups in total. The summed E-state index contributed by atoms with van der Waals surface area (Å²) in [7, 11) is 0. The number of hydrogen-bond donors (Lipinski definition) is 1. The summed E-state index contributed by atoms with van der Waals surface area (Å²) in [6, 6.07) is 12.0. The zero-order chi connectivity index (χ0) is 18.6. The fourth-order valence-electron chi connectivity index (χ4n) is 3.68. The molecule has 1 fully saturated rings. The minimum atomic E-state index is -0.0939. The number of benzene rings is 1. The van der Waals surface area contributed by atoms with Crippen molar-refractivity contribution in [3.8, 4) is 0 Å². The molecule has 0 radical (unpaired) electrons. The minimum Gasteiger partial charge on any atom is -0.373 e. The van der Waals surface area contributed by atoms with E-state index in [0.717, 1.165) is 30.4 Å². The second kappa shape index (κ2) is 7.84. The van der Waals surface area contributed by atoms with Gasteiger partial charge >= 0.3 is 0 Å². The van der Waals surface area contributed by atoms with Crippen LogP contribution in [0.1, 0.15) is 40.4 Å². The molecular weight excluding hydrogens is 338 g/mol. The summed E-state index contributed by atoms with van der Waals surface area (Å²) in [4.78, 5) is 21.2. The fourth-order valence-corrected chi connectivity index (χ4v) is 3.68. The van der Waals surface area contributed by atoms with Crippen molar-refractivity contribution in [2.75, 3.05) is 13.2 Å². The molecule has 0 aliphatic carbocycles. The van der Waals surface area contributed by atoms with E-state index in [-0.39, 0.29) is 17.9 Å². The van der Waals surface area contributed by atoms with Crippen LogP contribution in [0, 0.1) is 12.8 Å². The number of amides is 1. The number of aryl methyl sites for hydroxylation is 1. The van der Waals surface area contributed by atoms with Crippen molar-refractivity contribution >= 4 is 16.8 Å². The summed E-state index contributed by atoms with van der Waals surface area (Å²) < 4.78 is 6.05. The van der Waals surface area contributed by atoms with Crippen LogP contribution < -0.4 is 5.32 Å². The molecule has 1 amide bonds. The molecule has 2 aromatic heterocycles. The zero-order valence-electron chi connectivity index (χ0n) is 15.4. The summed E-state index contributed by atoms with van der Waals surface area (Å²) in [6.07, 6.45) is 7.12. The van der Waals surface area contributed by atoms with Crippen molar-refractivity contribution in [2.24, 2.45) is 5.92 Å². The van der Waals surface area contributed by atoms with Crippen molar-refractivity contribution in [1.29, 1.82) is 0 Å². The Morgan fingerprint density at radius 1 is 1.19 bits per heavy atom. The number of aromatic nitrogens is 2. The molecule has 1 aromatic carbocycles. The molecule has 3 aromatic rings.